The smallest absolute Gasteiger partial charge is 0.119 e. The van der Waals surface area contributed by atoms with E-state index in [4.69, 9.17) is 4.74 Å². The number of nitrogens with zero attached hydrogens (tertiary/aromatic N) is 2. The molecule has 0 saturated carbocycles. The number of hydrogen-bond donors (Lipinski definition) is 1. The van der Waals surface area contributed by atoms with Gasteiger partial charge in [-0.25, -0.2) is 0 Å². The summed E-state index contributed by atoms with van der Waals surface area (Å²) in [6, 6.07) is 23.1. The maximum absolute atomic E-state index is 5.84. The number of benzene rings is 2. The molecule has 0 spiro atoms. The van der Waals surface area contributed by atoms with Gasteiger partial charge in [0.2, 0.25) is 0 Å². The average molecular weight is 361 g/mol. The Bertz CT molecular complexity index is 789. The summed E-state index contributed by atoms with van der Waals surface area (Å²) in [7, 11) is 4.21. The monoisotopic (exact) mass is 361 g/mol. The third-order valence-corrected chi connectivity index (χ3v) is 4.38. The van der Waals surface area contributed by atoms with Crippen molar-refractivity contribution in [2.45, 2.75) is 19.2 Å². The van der Waals surface area contributed by atoms with Crippen molar-refractivity contribution in [1.82, 2.24) is 15.2 Å². The fourth-order valence-corrected chi connectivity index (χ4v) is 2.93. The lowest BCUT2D eigenvalue weighted by atomic mass is 10.1. The Labute approximate surface area is 161 Å². The van der Waals surface area contributed by atoms with Crippen LogP contribution in [0.1, 0.15) is 22.7 Å². The number of pyridine rings is 1. The standard InChI is InChI=1S/C23H27N3O/c1-26(2)17-23(21-6-4-3-5-7-21)25-16-19-8-10-22(11-9-19)27-18-20-12-14-24-15-13-20/h3-15,23,25H,16-18H2,1-2H3. The van der Waals surface area contributed by atoms with Crippen molar-refractivity contribution in [3.8, 4) is 5.75 Å². The molecule has 0 saturated heterocycles. The summed E-state index contributed by atoms with van der Waals surface area (Å²) in [5.41, 5.74) is 3.67. The van der Waals surface area contributed by atoms with E-state index in [1.165, 1.54) is 11.1 Å². The minimum Gasteiger partial charge on any atom is -0.489 e. The Morgan fingerprint density at radius 1 is 0.889 bits per heavy atom. The number of likely N-dealkylation sites (N-methyl/N-ethyl adjacent to an activating group) is 1. The predicted octanol–water partition coefficient (Wildman–Crippen LogP) is 4.05. The molecule has 0 bridgehead atoms. The first kappa shape index (κ1) is 19.1. The van der Waals surface area contributed by atoms with Gasteiger partial charge in [-0.1, -0.05) is 42.5 Å². The molecule has 1 heterocycles. The molecule has 2 aromatic carbocycles. The van der Waals surface area contributed by atoms with Gasteiger partial charge in [0.05, 0.1) is 0 Å². The summed E-state index contributed by atoms with van der Waals surface area (Å²) in [6.45, 7) is 2.33. The first-order valence-electron chi connectivity index (χ1n) is 9.24. The van der Waals surface area contributed by atoms with Crippen molar-refractivity contribution >= 4 is 0 Å². The van der Waals surface area contributed by atoms with E-state index in [9.17, 15) is 0 Å². The zero-order valence-corrected chi connectivity index (χ0v) is 16.0. The zero-order chi connectivity index (χ0) is 18.9. The molecule has 3 aromatic rings. The van der Waals surface area contributed by atoms with Gasteiger partial charge in [0, 0.05) is 31.5 Å². The minimum absolute atomic E-state index is 0.295. The summed E-state index contributed by atoms with van der Waals surface area (Å²) in [4.78, 5) is 6.23. The Hall–Kier alpha value is -2.69. The fraction of sp³-hybridized carbons (Fsp3) is 0.261. The van der Waals surface area contributed by atoms with Crippen LogP contribution < -0.4 is 10.1 Å². The van der Waals surface area contributed by atoms with Crippen molar-refractivity contribution in [2.24, 2.45) is 0 Å². The highest BCUT2D eigenvalue weighted by Gasteiger charge is 2.11. The lowest BCUT2D eigenvalue weighted by molar-refractivity contribution is 0.306. The van der Waals surface area contributed by atoms with E-state index >= 15 is 0 Å². The molecule has 0 amide bonds. The maximum atomic E-state index is 5.84. The highest BCUT2D eigenvalue weighted by atomic mass is 16.5. The van der Waals surface area contributed by atoms with Crippen LogP contribution in [0.3, 0.4) is 0 Å². The fourth-order valence-electron chi connectivity index (χ4n) is 2.93. The third-order valence-electron chi connectivity index (χ3n) is 4.38. The molecule has 1 N–H and O–H groups in total. The van der Waals surface area contributed by atoms with Gasteiger partial charge in [0.1, 0.15) is 12.4 Å². The highest BCUT2D eigenvalue weighted by Crippen LogP contribution is 2.17. The van der Waals surface area contributed by atoms with Crippen molar-refractivity contribution in [2.75, 3.05) is 20.6 Å². The van der Waals surface area contributed by atoms with Gasteiger partial charge in [0.25, 0.3) is 0 Å². The van der Waals surface area contributed by atoms with Crippen LogP contribution >= 0.6 is 0 Å². The Morgan fingerprint density at radius 2 is 1.59 bits per heavy atom. The van der Waals surface area contributed by atoms with Crippen LogP contribution in [0.5, 0.6) is 5.75 Å². The van der Waals surface area contributed by atoms with Gasteiger partial charge in [0.15, 0.2) is 0 Å². The van der Waals surface area contributed by atoms with Crippen LogP contribution in [0.2, 0.25) is 0 Å². The van der Waals surface area contributed by atoms with Crippen molar-refractivity contribution in [3.63, 3.8) is 0 Å². The van der Waals surface area contributed by atoms with E-state index < -0.39 is 0 Å². The number of aromatic nitrogens is 1. The number of nitrogens with one attached hydrogen (secondary N) is 1. The largest absolute Gasteiger partial charge is 0.489 e. The molecule has 0 aliphatic rings. The lowest BCUT2D eigenvalue weighted by Crippen LogP contribution is -2.30. The molecule has 0 aliphatic carbocycles. The molecule has 1 aromatic heterocycles. The lowest BCUT2D eigenvalue weighted by Gasteiger charge is -2.23. The second-order valence-corrected chi connectivity index (χ2v) is 6.89. The van der Waals surface area contributed by atoms with E-state index in [0.29, 0.717) is 12.6 Å². The second kappa shape index (κ2) is 9.86. The first-order chi connectivity index (χ1) is 13.2. The summed E-state index contributed by atoms with van der Waals surface area (Å²) >= 11 is 0. The van der Waals surface area contributed by atoms with Gasteiger partial charge in [-0.2, -0.15) is 0 Å². The molecule has 4 heteroatoms. The Morgan fingerprint density at radius 3 is 2.26 bits per heavy atom. The number of ether oxygens (including phenoxy) is 1. The van der Waals surface area contributed by atoms with E-state index in [2.05, 4.69) is 71.8 Å². The second-order valence-electron chi connectivity index (χ2n) is 6.89. The van der Waals surface area contributed by atoms with Gasteiger partial charge >= 0.3 is 0 Å². The summed E-state index contributed by atoms with van der Waals surface area (Å²) in [6.07, 6.45) is 3.56. The molecule has 1 unspecified atom stereocenters. The SMILES string of the molecule is CN(C)CC(NCc1ccc(OCc2ccncc2)cc1)c1ccccc1. The van der Waals surface area contributed by atoms with E-state index in [-0.39, 0.29) is 0 Å². The highest BCUT2D eigenvalue weighted by molar-refractivity contribution is 5.28. The summed E-state index contributed by atoms with van der Waals surface area (Å²) in [5, 5.41) is 3.67. The molecule has 0 radical (unpaired) electrons. The molecule has 1 atom stereocenters. The molecule has 3 rings (SSSR count). The van der Waals surface area contributed by atoms with Crippen LogP contribution in [0.25, 0.3) is 0 Å². The van der Waals surface area contributed by atoms with Crippen molar-refractivity contribution in [3.05, 3.63) is 95.8 Å². The van der Waals surface area contributed by atoms with Crippen LogP contribution in [0.15, 0.2) is 79.1 Å². The van der Waals surface area contributed by atoms with Crippen LogP contribution in [-0.4, -0.2) is 30.5 Å². The van der Waals surface area contributed by atoms with E-state index in [1.54, 1.807) is 12.4 Å². The predicted molar refractivity (Wildman–Crippen MR) is 110 cm³/mol. The third kappa shape index (κ3) is 6.20. The van der Waals surface area contributed by atoms with E-state index in [1.807, 2.05) is 24.3 Å². The number of rotatable bonds is 9. The molecule has 0 fully saturated rings. The molecule has 27 heavy (non-hydrogen) atoms. The molecular weight excluding hydrogens is 334 g/mol. The van der Waals surface area contributed by atoms with Gasteiger partial charge in [-0.3, -0.25) is 4.98 Å². The van der Waals surface area contributed by atoms with Gasteiger partial charge < -0.3 is 15.0 Å². The Balaban J connectivity index is 1.55. The zero-order valence-electron chi connectivity index (χ0n) is 16.0. The van der Waals surface area contributed by atoms with Gasteiger partial charge in [-0.05, 0) is 55.1 Å². The maximum Gasteiger partial charge on any atom is 0.119 e. The quantitative estimate of drug-likeness (QED) is 0.624. The molecule has 4 nitrogen and oxygen atoms in total. The van der Waals surface area contributed by atoms with Gasteiger partial charge in [-0.15, -0.1) is 0 Å². The van der Waals surface area contributed by atoms with Crippen LogP contribution in [-0.2, 0) is 13.2 Å². The summed E-state index contributed by atoms with van der Waals surface area (Å²) in [5.74, 6) is 0.878. The topological polar surface area (TPSA) is 37.4 Å². The van der Waals surface area contributed by atoms with Crippen LogP contribution in [0.4, 0.5) is 0 Å². The van der Waals surface area contributed by atoms with Crippen molar-refractivity contribution in [1.29, 1.82) is 0 Å². The van der Waals surface area contributed by atoms with Crippen LogP contribution in [0, 0.1) is 0 Å². The van der Waals surface area contributed by atoms with E-state index in [0.717, 1.165) is 24.4 Å². The normalized spacial score (nSPS) is 12.1. The van der Waals surface area contributed by atoms with Crippen molar-refractivity contribution < 1.29 is 4.74 Å². The number of hydrogen-bond acceptors (Lipinski definition) is 4. The molecular formula is C23H27N3O. The summed E-state index contributed by atoms with van der Waals surface area (Å²) < 4.78 is 5.84. The minimum atomic E-state index is 0.295. The average Bonchev–Trinajstić information content (AvgIpc) is 2.71. The first-order valence-corrected chi connectivity index (χ1v) is 9.24. The molecule has 0 aliphatic heterocycles. The Kier molecular flexibility index (Phi) is 6.97. The molecule has 140 valence electrons.